The van der Waals surface area contributed by atoms with Crippen molar-refractivity contribution in [1.82, 2.24) is 9.88 Å². The Kier molecular flexibility index (Phi) is 3.14. The van der Waals surface area contributed by atoms with Gasteiger partial charge in [-0.1, -0.05) is 11.6 Å². The van der Waals surface area contributed by atoms with Crippen molar-refractivity contribution in [3.05, 3.63) is 34.5 Å². The quantitative estimate of drug-likeness (QED) is 0.794. The van der Waals surface area contributed by atoms with Crippen LogP contribution in [-0.2, 0) is 0 Å². The van der Waals surface area contributed by atoms with E-state index >= 15 is 0 Å². The molecule has 0 unspecified atom stereocenters. The molecule has 4 nitrogen and oxygen atoms in total. The maximum Gasteiger partial charge on any atom is 0.270 e. The molecule has 0 saturated carbocycles. The van der Waals surface area contributed by atoms with Crippen LogP contribution in [0.15, 0.2) is 12.1 Å². The molecule has 0 spiro atoms. The van der Waals surface area contributed by atoms with E-state index in [9.17, 15) is 13.6 Å². The SMILES string of the molecule is N[C@@H]1CCN(C(=O)c2cc3cc(F)c(Cl)c(F)c3[nH]2)C1. The lowest BCUT2D eigenvalue weighted by atomic mass is 10.2. The van der Waals surface area contributed by atoms with E-state index in [1.54, 1.807) is 4.90 Å². The monoisotopic (exact) mass is 299 g/mol. The first kappa shape index (κ1) is 13.3. The Morgan fingerprint density at radius 3 is 2.85 bits per heavy atom. The van der Waals surface area contributed by atoms with Crippen molar-refractivity contribution in [3.8, 4) is 0 Å². The molecular weight excluding hydrogens is 288 g/mol. The van der Waals surface area contributed by atoms with Gasteiger partial charge < -0.3 is 15.6 Å². The molecule has 1 amide bonds. The highest BCUT2D eigenvalue weighted by atomic mass is 35.5. The minimum Gasteiger partial charge on any atom is -0.348 e. The fourth-order valence-electron chi connectivity index (χ4n) is 2.44. The molecule has 0 aliphatic carbocycles. The van der Waals surface area contributed by atoms with Crippen molar-refractivity contribution in [2.45, 2.75) is 12.5 Å². The predicted octanol–water partition coefficient (Wildman–Crippen LogP) is 2.27. The summed E-state index contributed by atoms with van der Waals surface area (Å²) in [6.45, 7) is 1.03. The minimum atomic E-state index is -0.890. The van der Waals surface area contributed by atoms with Crippen LogP contribution in [0.25, 0.3) is 10.9 Å². The van der Waals surface area contributed by atoms with E-state index in [-0.39, 0.29) is 28.5 Å². The summed E-state index contributed by atoms with van der Waals surface area (Å²) >= 11 is 5.51. The molecule has 3 N–H and O–H groups in total. The number of nitrogens with one attached hydrogen (secondary N) is 1. The van der Waals surface area contributed by atoms with Crippen LogP contribution in [0, 0.1) is 11.6 Å². The van der Waals surface area contributed by atoms with Gasteiger partial charge in [0.15, 0.2) is 5.82 Å². The number of rotatable bonds is 1. The fraction of sp³-hybridized carbons (Fsp3) is 0.308. The van der Waals surface area contributed by atoms with Crippen molar-refractivity contribution in [1.29, 1.82) is 0 Å². The summed E-state index contributed by atoms with van der Waals surface area (Å²) in [5.41, 5.74) is 5.98. The number of H-pyrrole nitrogens is 1. The van der Waals surface area contributed by atoms with Gasteiger partial charge >= 0.3 is 0 Å². The van der Waals surface area contributed by atoms with Gasteiger partial charge in [-0.2, -0.15) is 0 Å². The van der Waals surface area contributed by atoms with Crippen LogP contribution in [0.5, 0.6) is 0 Å². The van der Waals surface area contributed by atoms with Gasteiger partial charge in [0.1, 0.15) is 16.5 Å². The number of likely N-dealkylation sites (tertiary alicyclic amines) is 1. The summed E-state index contributed by atoms with van der Waals surface area (Å²) in [6, 6.07) is 2.49. The molecule has 1 fully saturated rings. The van der Waals surface area contributed by atoms with Gasteiger partial charge in [0.25, 0.3) is 5.91 Å². The lowest BCUT2D eigenvalue weighted by Gasteiger charge is -2.14. The fourth-order valence-corrected chi connectivity index (χ4v) is 2.59. The van der Waals surface area contributed by atoms with Gasteiger partial charge in [0.05, 0.1) is 5.52 Å². The standard InChI is InChI=1S/C13H12ClF2N3O/c14-10-8(15)3-6-4-9(18-12(6)11(10)16)13(20)19-2-1-7(17)5-19/h3-4,7,18H,1-2,5,17H2/t7-/m1/s1. The van der Waals surface area contributed by atoms with Gasteiger partial charge in [-0.25, -0.2) is 8.78 Å². The average molecular weight is 300 g/mol. The molecule has 1 saturated heterocycles. The second kappa shape index (κ2) is 4.71. The highest BCUT2D eigenvalue weighted by Crippen LogP contribution is 2.28. The van der Waals surface area contributed by atoms with Crippen LogP contribution in [0.3, 0.4) is 0 Å². The first-order valence-corrected chi connectivity index (χ1v) is 6.56. The van der Waals surface area contributed by atoms with E-state index in [1.807, 2.05) is 0 Å². The van der Waals surface area contributed by atoms with Crippen LogP contribution >= 0.6 is 11.6 Å². The number of hydrogen-bond donors (Lipinski definition) is 2. The van der Waals surface area contributed by atoms with E-state index in [2.05, 4.69) is 4.98 Å². The van der Waals surface area contributed by atoms with Crippen molar-refractivity contribution in [3.63, 3.8) is 0 Å². The Bertz CT molecular complexity index is 700. The molecule has 2 aromatic rings. The molecule has 2 heterocycles. The summed E-state index contributed by atoms with van der Waals surface area (Å²) in [5, 5.41) is -0.308. The van der Waals surface area contributed by atoms with Crippen molar-refractivity contribution in [2.75, 3.05) is 13.1 Å². The Hall–Kier alpha value is -1.66. The Morgan fingerprint density at radius 2 is 2.20 bits per heavy atom. The molecule has 1 aromatic heterocycles. The van der Waals surface area contributed by atoms with Crippen molar-refractivity contribution >= 4 is 28.4 Å². The number of benzene rings is 1. The number of aromatic nitrogens is 1. The van der Waals surface area contributed by atoms with Crippen LogP contribution in [0.4, 0.5) is 8.78 Å². The molecule has 7 heteroatoms. The number of carbonyl (C=O) groups excluding carboxylic acids is 1. The van der Waals surface area contributed by atoms with E-state index in [0.717, 1.165) is 12.5 Å². The van der Waals surface area contributed by atoms with E-state index < -0.39 is 16.7 Å². The maximum absolute atomic E-state index is 13.8. The van der Waals surface area contributed by atoms with Gasteiger partial charge in [0.2, 0.25) is 0 Å². The molecule has 1 atom stereocenters. The smallest absolute Gasteiger partial charge is 0.270 e. The predicted molar refractivity (Wildman–Crippen MR) is 71.7 cm³/mol. The lowest BCUT2D eigenvalue weighted by molar-refractivity contribution is 0.0786. The van der Waals surface area contributed by atoms with Crippen LogP contribution in [0.1, 0.15) is 16.9 Å². The normalized spacial score (nSPS) is 19.0. The first-order chi connectivity index (χ1) is 9.47. The number of nitrogens with zero attached hydrogens (tertiary/aromatic N) is 1. The number of fused-ring (bicyclic) bond motifs is 1. The summed E-state index contributed by atoms with van der Waals surface area (Å²) < 4.78 is 27.2. The molecule has 1 aromatic carbocycles. The largest absolute Gasteiger partial charge is 0.348 e. The Morgan fingerprint density at radius 1 is 1.45 bits per heavy atom. The molecule has 1 aliphatic rings. The van der Waals surface area contributed by atoms with E-state index in [0.29, 0.717) is 13.1 Å². The highest BCUT2D eigenvalue weighted by molar-refractivity contribution is 6.31. The zero-order valence-corrected chi connectivity index (χ0v) is 11.2. The number of nitrogens with two attached hydrogens (primary N) is 1. The van der Waals surface area contributed by atoms with Crippen molar-refractivity contribution < 1.29 is 13.6 Å². The zero-order valence-electron chi connectivity index (χ0n) is 10.4. The van der Waals surface area contributed by atoms with Gasteiger partial charge in [-0.3, -0.25) is 4.79 Å². The number of amides is 1. The van der Waals surface area contributed by atoms with Gasteiger partial charge in [-0.15, -0.1) is 0 Å². The average Bonchev–Trinajstić information content (AvgIpc) is 3.02. The minimum absolute atomic E-state index is 0.0308. The number of aromatic amines is 1. The third-order valence-corrected chi connectivity index (χ3v) is 3.84. The lowest BCUT2D eigenvalue weighted by Crippen LogP contribution is -2.32. The third-order valence-electron chi connectivity index (χ3n) is 3.49. The zero-order chi connectivity index (χ0) is 14.4. The maximum atomic E-state index is 13.8. The van der Waals surface area contributed by atoms with Crippen molar-refractivity contribution in [2.24, 2.45) is 5.73 Å². The molecule has 106 valence electrons. The van der Waals surface area contributed by atoms with Gasteiger partial charge in [-0.05, 0) is 18.6 Å². The molecule has 0 radical (unpaired) electrons. The Labute approximate surface area is 118 Å². The summed E-state index contributed by atoms with van der Waals surface area (Å²) in [7, 11) is 0. The highest BCUT2D eigenvalue weighted by Gasteiger charge is 2.26. The summed E-state index contributed by atoms with van der Waals surface area (Å²) in [5.74, 6) is -2.01. The molecule has 0 bridgehead atoms. The van der Waals surface area contributed by atoms with E-state index in [1.165, 1.54) is 6.07 Å². The first-order valence-electron chi connectivity index (χ1n) is 6.18. The molecule has 1 aliphatic heterocycles. The second-order valence-corrected chi connectivity index (χ2v) is 5.31. The van der Waals surface area contributed by atoms with Crippen LogP contribution < -0.4 is 5.73 Å². The number of halogens is 3. The van der Waals surface area contributed by atoms with Crippen LogP contribution in [-0.4, -0.2) is 34.9 Å². The van der Waals surface area contributed by atoms with Crippen LogP contribution in [0.2, 0.25) is 5.02 Å². The summed E-state index contributed by atoms with van der Waals surface area (Å²) in [6.07, 6.45) is 0.737. The van der Waals surface area contributed by atoms with E-state index in [4.69, 9.17) is 17.3 Å². The second-order valence-electron chi connectivity index (χ2n) is 4.93. The third kappa shape index (κ3) is 2.05. The molecule has 20 heavy (non-hydrogen) atoms. The summed E-state index contributed by atoms with van der Waals surface area (Å²) in [4.78, 5) is 16.5. The topological polar surface area (TPSA) is 62.1 Å². The number of hydrogen-bond acceptors (Lipinski definition) is 2. The molecule has 3 rings (SSSR count). The molecular formula is C13H12ClF2N3O. The number of carbonyl (C=O) groups is 1. The van der Waals surface area contributed by atoms with Gasteiger partial charge in [0, 0.05) is 24.5 Å². The Balaban J connectivity index is 2.01.